The number of hydrogen-bond acceptors (Lipinski definition) is 4. The van der Waals surface area contributed by atoms with Crippen LogP contribution in [-0.4, -0.2) is 24.1 Å². The molecule has 2 aromatic rings. The molecule has 0 radical (unpaired) electrons. The van der Waals surface area contributed by atoms with E-state index in [-0.39, 0.29) is 0 Å². The zero-order valence-corrected chi connectivity index (χ0v) is 12.8. The zero-order chi connectivity index (χ0) is 14.5. The molecule has 0 fully saturated rings. The number of benzene rings is 1. The Labute approximate surface area is 124 Å². The molecule has 4 nitrogen and oxygen atoms in total. The predicted octanol–water partition coefficient (Wildman–Crippen LogP) is 3.89. The number of rotatable bonds is 5. The first-order valence-corrected chi connectivity index (χ1v) is 7.03. The van der Waals surface area contributed by atoms with Gasteiger partial charge in [-0.25, -0.2) is 9.97 Å². The smallest absolute Gasteiger partial charge is 0.138 e. The summed E-state index contributed by atoms with van der Waals surface area (Å²) in [6.45, 7) is 2.11. The highest BCUT2D eigenvalue weighted by atomic mass is 35.5. The van der Waals surface area contributed by atoms with Crippen LogP contribution in [0.2, 0.25) is 5.15 Å². The van der Waals surface area contributed by atoms with Gasteiger partial charge in [-0.2, -0.15) is 0 Å². The first-order chi connectivity index (χ1) is 9.61. The van der Waals surface area contributed by atoms with E-state index in [1.807, 2.05) is 26.2 Å². The maximum Gasteiger partial charge on any atom is 0.138 e. The van der Waals surface area contributed by atoms with Gasteiger partial charge < -0.3 is 10.2 Å². The molecule has 0 spiro atoms. The normalized spacial score (nSPS) is 10.4. The molecule has 2 rings (SSSR count). The monoisotopic (exact) mass is 290 g/mol. The lowest BCUT2D eigenvalue weighted by molar-refractivity contribution is 0.904. The van der Waals surface area contributed by atoms with Crippen LogP contribution in [-0.2, 0) is 6.42 Å². The topological polar surface area (TPSA) is 41.1 Å². The van der Waals surface area contributed by atoms with Crippen molar-refractivity contribution in [3.05, 3.63) is 41.3 Å². The van der Waals surface area contributed by atoms with Crippen LogP contribution < -0.4 is 10.2 Å². The molecule has 0 amide bonds. The summed E-state index contributed by atoms with van der Waals surface area (Å²) >= 11 is 6.14. The third-order valence-electron chi connectivity index (χ3n) is 3.04. The number of anilines is 3. The summed E-state index contributed by atoms with van der Waals surface area (Å²) in [5, 5.41) is 3.83. The van der Waals surface area contributed by atoms with Crippen molar-refractivity contribution in [3.8, 4) is 0 Å². The summed E-state index contributed by atoms with van der Waals surface area (Å²) < 4.78 is 0. The van der Waals surface area contributed by atoms with Crippen molar-refractivity contribution in [1.82, 2.24) is 9.97 Å². The minimum absolute atomic E-state index is 0.522. The Morgan fingerprint density at radius 2 is 1.85 bits per heavy atom. The number of nitrogens with zero attached hydrogens (tertiary/aromatic N) is 3. The Bertz CT molecular complexity index is 567. The fourth-order valence-corrected chi connectivity index (χ4v) is 2.18. The molecule has 0 aliphatic carbocycles. The third kappa shape index (κ3) is 3.39. The molecule has 1 N–H and O–H groups in total. The summed E-state index contributed by atoms with van der Waals surface area (Å²) in [5.41, 5.74) is 3.11. The second-order valence-electron chi connectivity index (χ2n) is 4.81. The van der Waals surface area contributed by atoms with Crippen molar-refractivity contribution in [1.29, 1.82) is 0 Å². The van der Waals surface area contributed by atoms with E-state index in [1.165, 1.54) is 6.33 Å². The van der Waals surface area contributed by atoms with Gasteiger partial charge in [0.15, 0.2) is 0 Å². The maximum atomic E-state index is 6.14. The molecular weight excluding hydrogens is 272 g/mol. The first-order valence-electron chi connectivity index (χ1n) is 6.65. The average molecular weight is 291 g/mol. The van der Waals surface area contributed by atoms with E-state index in [9.17, 15) is 0 Å². The Kier molecular flexibility index (Phi) is 4.79. The summed E-state index contributed by atoms with van der Waals surface area (Å²) in [7, 11) is 4.04. The summed E-state index contributed by atoms with van der Waals surface area (Å²) in [4.78, 5) is 10.4. The van der Waals surface area contributed by atoms with Crippen molar-refractivity contribution in [2.45, 2.75) is 19.8 Å². The van der Waals surface area contributed by atoms with Gasteiger partial charge in [0.05, 0.1) is 0 Å². The van der Waals surface area contributed by atoms with Crippen molar-refractivity contribution in [2.75, 3.05) is 24.3 Å². The van der Waals surface area contributed by atoms with Gasteiger partial charge in [-0.1, -0.05) is 24.9 Å². The Hall–Kier alpha value is -1.81. The SMILES string of the molecule is CCCc1c(Cl)ncnc1Nc1ccc(N(C)C)cc1. The Morgan fingerprint density at radius 3 is 2.45 bits per heavy atom. The van der Waals surface area contributed by atoms with Crippen LogP contribution in [0.1, 0.15) is 18.9 Å². The molecule has 0 saturated heterocycles. The second kappa shape index (κ2) is 6.57. The van der Waals surface area contributed by atoms with E-state index in [2.05, 4.69) is 39.2 Å². The van der Waals surface area contributed by atoms with Crippen molar-refractivity contribution >= 4 is 28.8 Å². The van der Waals surface area contributed by atoms with Gasteiger partial charge in [0.2, 0.25) is 0 Å². The highest BCUT2D eigenvalue weighted by molar-refractivity contribution is 6.30. The van der Waals surface area contributed by atoms with Crippen molar-refractivity contribution in [3.63, 3.8) is 0 Å². The minimum atomic E-state index is 0.522. The molecule has 0 aliphatic heterocycles. The van der Waals surface area contributed by atoms with Gasteiger partial charge in [-0.05, 0) is 30.7 Å². The molecule has 106 valence electrons. The minimum Gasteiger partial charge on any atom is -0.378 e. The maximum absolute atomic E-state index is 6.14. The number of hydrogen-bond donors (Lipinski definition) is 1. The van der Waals surface area contributed by atoms with Crippen LogP contribution >= 0.6 is 11.6 Å². The summed E-state index contributed by atoms with van der Waals surface area (Å²) in [5.74, 6) is 0.782. The number of nitrogens with one attached hydrogen (secondary N) is 1. The standard InChI is InChI=1S/C15H19ClN4/c1-4-5-13-14(16)17-10-18-15(13)19-11-6-8-12(9-7-11)20(2)3/h6-10H,4-5H2,1-3H3,(H,17,18,19). The lowest BCUT2D eigenvalue weighted by Gasteiger charge is -2.14. The Balaban J connectivity index is 2.23. The molecular formula is C15H19ClN4. The van der Waals surface area contributed by atoms with Crippen molar-refractivity contribution in [2.24, 2.45) is 0 Å². The molecule has 1 aromatic heterocycles. The molecule has 0 atom stereocenters. The molecule has 0 bridgehead atoms. The van der Waals surface area contributed by atoms with Gasteiger partial charge >= 0.3 is 0 Å². The fourth-order valence-electron chi connectivity index (χ4n) is 1.95. The third-order valence-corrected chi connectivity index (χ3v) is 3.36. The molecule has 0 aliphatic rings. The first kappa shape index (κ1) is 14.6. The van der Waals surface area contributed by atoms with Crippen LogP contribution in [0.5, 0.6) is 0 Å². The summed E-state index contributed by atoms with van der Waals surface area (Å²) in [6, 6.07) is 8.18. The quantitative estimate of drug-likeness (QED) is 0.848. The number of halogens is 1. The average Bonchev–Trinajstić information content (AvgIpc) is 2.43. The highest BCUT2D eigenvalue weighted by Crippen LogP contribution is 2.25. The van der Waals surface area contributed by atoms with E-state index in [1.54, 1.807) is 0 Å². The predicted molar refractivity (Wildman–Crippen MR) is 85.1 cm³/mol. The van der Waals surface area contributed by atoms with Crippen molar-refractivity contribution < 1.29 is 0 Å². The van der Waals surface area contributed by atoms with E-state index in [0.717, 1.165) is 35.6 Å². The molecule has 20 heavy (non-hydrogen) atoms. The van der Waals surface area contributed by atoms with Crippen LogP contribution in [0.15, 0.2) is 30.6 Å². The zero-order valence-electron chi connectivity index (χ0n) is 12.0. The fraction of sp³-hybridized carbons (Fsp3) is 0.333. The molecule has 0 saturated carbocycles. The van der Waals surface area contributed by atoms with Gasteiger partial charge in [0.1, 0.15) is 17.3 Å². The van der Waals surface area contributed by atoms with E-state index in [0.29, 0.717) is 5.15 Å². The lowest BCUT2D eigenvalue weighted by atomic mass is 10.2. The molecule has 5 heteroatoms. The van der Waals surface area contributed by atoms with Crippen LogP contribution in [0.25, 0.3) is 0 Å². The van der Waals surface area contributed by atoms with Crippen LogP contribution in [0, 0.1) is 0 Å². The van der Waals surface area contributed by atoms with E-state index in [4.69, 9.17) is 11.6 Å². The van der Waals surface area contributed by atoms with E-state index < -0.39 is 0 Å². The lowest BCUT2D eigenvalue weighted by Crippen LogP contribution is -2.08. The van der Waals surface area contributed by atoms with Gasteiger partial charge in [0, 0.05) is 31.0 Å². The Morgan fingerprint density at radius 1 is 1.15 bits per heavy atom. The van der Waals surface area contributed by atoms with Crippen LogP contribution in [0.4, 0.5) is 17.2 Å². The van der Waals surface area contributed by atoms with Gasteiger partial charge in [-0.15, -0.1) is 0 Å². The van der Waals surface area contributed by atoms with Gasteiger partial charge in [0.25, 0.3) is 0 Å². The largest absolute Gasteiger partial charge is 0.378 e. The van der Waals surface area contributed by atoms with E-state index >= 15 is 0 Å². The molecule has 1 aromatic carbocycles. The molecule has 0 unspecified atom stereocenters. The number of aromatic nitrogens is 2. The summed E-state index contributed by atoms with van der Waals surface area (Å²) in [6.07, 6.45) is 3.34. The van der Waals surface area contributed by atoms with Gasteiger partial charge in [-0.3, -0.25) is 0 Å². The van der Waals surface area contributed by atoms with Crippen LogP contribution in [0.3, 0.4) is 0 Å². The molecule has 1 heterocycles. The highest BCUT2D eigenvalue weighted by Gasteiger charge is 2.09. The second-order valence-corrected chi connectivity index (χ2v) is 5.17.